The van der Waals surface area contributed by atoms with E-state index in [2.05, 4.69) is 0 Å². The number of hydrogen-bond acceptors (Lipinski definition) is 3. The van der Waals surface area contributed by atoms with Crippen LogP contribution in [0.3, 0.4) is 0 Å². The van der Waals surface area contributed by atoms with Crippen molar-refractivity contribution >= 4 is 16.0 Å². The molecule has 0 saturated carbocycles. The van der Waals surface area contributed by atoms with Crippen LogP contribution in [0.25, 0.3) is 0 Å². The Hall–Kier alpha value is -0.620. The largest absolute Gasteiger partial charge is 0.481 e. The maximum atomic E-state index is 11.6. The van der Waals surface area contributed by atoms with Crippen molar-refractivity contribution in [2.24, 2.45) is 0 Å². The van der Waals surface area contributed by atoms with Gasteiger partial charge < -0.3 is 5.11 Å². The van der Waals surface area contributed by atoms with Crippen molar-refractivity contribution in [1.29, 1.82) is 0 Å². The Bertz CT molecular complexity index is 339. The third kappa shape index (κ3) is 5.50. The first-order valence-electron chi connectivity index (χ1n) is 6.22. The normalized spacial score (nSPS) is 20.2. The van der Waals surface area contributed by atoms with Gasteiger partial charge in [0.25, 0.3) is 0 Å². The van der Waals surface area contributed by atoms with Crippen molar-refractivity contribution in [2.45, 2.75) is 44.9 Å². The maximum Gasteiger partial charge on any atom is 0.303 e. The summed E-state index contributed by atoms with van der Waals surface area (Å²) in [6.45, 7) is 1.24. The number of carbonyl (C=O) groups is 1. The van der Waals surface area contributed by atoms with Crippen molar-refractivity contribution in [2.75, 3.05) is 18.8 Å². The second kappa shape index (κ2) is 6.96. The maximum absolute atomic E-state index is 11.6. The topological polar surface area (TPSA) is 74.7 Å². The van der Waals surface area contributed by atoms with Gasteiger partial charge in [0, 0.05) is 19.5 Å². The van der Waals surface area contributed by atoms with Crippen LogP contribution < -0.4 is 0 Å². The summed E-state index contributed by atoms with van der Waals surface area (Å²) >= 11 is 0. The fraction of sp³-hybridized carbons (Fsp3) is 0.909. The summed E-state index contributed by atoms with van der Waals surface area (Å²) in [5.41, 5.74) is 0. The Kier molecular flexibility index (Phi) is 5.91. The number of sulfonamides is 1. The van der Waals surface area contributed by atoms with Gasteiger partial charge in [0.05, 0.1) is 5.75 Å². The molecule has 1 aliphatic heterocycles. The molecule has 0 spiro atoms. The molecule has 1 heterocycles. The van der Waals surface area contributed by atoms with Gasteiger partial charge in [0.15, 0.2) is 0 Å². The number of rotatable bonds is 7. The molecule has 5 nitrogen and oxygen atoms in total. The molecule has 0 aliphatic carbocycles. The van der Waals surface area contributed by atoms with E-state index in [1.165, 1.54) is 0 Å². The molecule has 1 rings (SSSR count). The van der Waals surface area contributed by atoms with Crippen LogP contribution in [0.5, 0.6) is 0 Å². The van der Waals surface area contributed by atoms with Gasteiger partial charge in [-0.3, -0.25) is 4.79 Å². The van der Waals surface area contributed by atoms with Crippen LogP contribution in [0.15, 0.2) is 0 Å². The Morgan fingerprint density at radius 1 is 1.12 bits per heavy atom. The minimum absolute atomic E-state index is 0.210. The van der Waals surface area contributed by atoms with Crippen LogP contribution in [0, 0.1) is 0 Å². The molecule has 1 aliphatic rings. The highest BCUT2D eigenvalue weighted by Gasteiger charge is 2.24. The van der Waals surface area contributed by atoms with E-state index in [0.29, 0.717) is 19.5 Å². The lowest BCUT2D eigenvalue weighted by atomic mass is 10.1. The monoisotopic (exact) mass is 263 g/mol. The molecule has 17 heavy (non-hydrogen) atoms. The number of hydrogen-bond donors (Lipinski definition) is 1. The number of nitrogens with zero attached hydrogens (tertiary/aromatic N) is 1. The molecule has 0 atom stereocenters. The lowest BCUT2D eigenvalue weighted by Gasteiger charge is -2.26. The van der Waals surface area contributed by atoms with Crippen LogP contribution in [0.4, 0.5) is 0 Å². The van der Waals surface area contributed by atoms with Crippen LogP contribution >= 0.6 is 0 Å². The number of carboxylic acids is 1. The molecular weight excluding hydrogens is 242 g/mol. The van der Waals surface area contributed by atoms with Crippen molar-refractivity contribution in [3.63, 3.8) is 0 Å². The Labute approximate surface area is 103 Å². The standard InChI is InChI=1S/C11H21NO4S/c13-11(14)7-3-1-2-4-8-12-9-5-6-10-17(12,15)16/h1-10H2,(H,13,14). The third-order valence-electron chi connectivity index (χ3n) is 3.00. The SMILES string of the molecule is O=C(O)CCCCCCN1CCCCS1(=O)=O. The predicted octanol–water partition coefficient (Wildman–Crippen LogP) is 1.45. The quantitative estimate of drug-likeness (QED) is 0.705. The lowest BCUT2D eigenvalue weighted by molar-refractivity contribution is -0.137. The Morgan fingerprint density at radius 3 is 2.47 bits per heavy atom. The van der Waals surface area contributed by atoms with E-state index < -0.39 is 16.0 Å². The number of aliphatic carboxylic acids is 1. The van der Waals surface area contributed by atoms with E-state index in [1.807, 2.05) is 0 Å². The van der Waals surface area contributed by atoms with Crippen LogP contribution in [0.2, 0.25) is 0 Å². The molecule has 100 valence electrons. The molecule has 0 amide bonds. The average molecular weight is 263 g/mol. The van der Waals surface area contributed by atoms with Gasteiger partial charge in [0.2, 0.25) is 10.0 Å². The van der Waals surface area contributed by atoms with Gasteiger partial charge in [-0.05, 0) is 25.7 Å². The van der Waals surface area contributed by atoms with Crippen LogP contribution in [-0.4, -0.2) is 42.6 Å². The fourth-order valence-electron chi connectivity index (χ4n) is 2.01. The first-order valence-corrected chi connectivity index (χ1v) is 7.83. The summed E-state index contributed by atoms with van der Waals surface area (Å²) in [5, 5.41) is 8.45. The van der Waals surface area contributed by atoms with Crippen LogP contribution in [0.1, 0.15) is 44.9 Å². The molecular formula is C11H21NO4S. The second-order valence-corrected chi connectivity index (χ2v) is 6.57. The summed E-state index contributed by atoms with van der Waals surface area (Å²) in [5.74, 6) is -0.477. The Morgan fingerprint density at radius 2 is 1.82 bits per heavy atom. The van der Waals surface area contributed by atoms with E-state index in [4.69, 9.17) is 5.11 Å². The first kappa shape index (κ1) is 14.4. The zero-order chi connectivity index (χ0) is 12.7. The van der Waals surface area contributed by atoms with E-state index in [0.717, 1.165) is 32.1 Å². The summed E-state index contributed by atoms with van der Waals surface area (Å²) in [7, 11) is -2.99. The summed E-state index contributed by atoms with van der Waals surface area (Å²) in [4.78, 5) is 10.3. The minimum atomic E-state index is -2.99. The zero-order valence-corrected chi connectivity index (χ0v) is 10.9. The van der Waals surface area contributed by atoms with E-state index in [1.54, 1.807) is 4.31 Å². The molecule has 0 radical (unpaired) electrons. The highest BCUT2D eigenvalue weighted by molar-refractivity contribution is 7.89. The van der Waals surface area contributed by atoms with E-state index >= 15 is 0 Å². The molecule has 0 aromatic carbocycles. The van der Waals surface area contributed by atoms with Gasteiger partial charge in [-0.25, -0.2) is 12.7 Å². The minimum Gasteiger partial charge on any atom is -0.481 e. The van der Waals surface area contributed by atoms with Crippen molar-refractivity contribution in [3.05, 3.63) is 0 Å². The van der Waals surface area contributed by atoms with E-state index in [-0.39, 0.29) is 12.2 Å². The third-order valence-corrected chi connectivity index (χ3v) is 4.96. The van der Waals surface area contributed by atoms with Crippen LogP contribution in [-0.2, 0) is 14.8 Å². The molecule has 0 aromatic rings. The zero-order valence-electron chi connectivity index (χ0n) is 10.1. The highest BCUT2D eigenvalue weighted by Crippen LogP contribution is 2.15. The molecule has 1 fully saturated rings. The van der Waals surface area contributed by atoms with Gasteiger partial charge in [-0.15, -0.1) is 0 Å². The smallest absolute Gasteiger partial charge is 0.303 e. The molecule has 1 saturated heterocycles. The second-order valence-electron chi connectivity index (χ2n) is 4.48. The van der Waals surface area contributed by atoms with Crippen molar-refractivity contribution < 1.29 is 18.3 Å². The van der Waals surface area contributed by atoms with E-state index in [9.17, 15) is 13.2 Å². The predicted molar refractivity (Wildman–Crippen MR) is 65.3 cm³/mol. The Balaban J connectivity index is 2.11. The molecule has 0 aromatic heterocycles. The van der Waals surface area contributed by atoms with Gasteiger partial charge in [-0.2, -0.15) is 0 Å². The first-order chi connectivity index (χ1) is 8.02. The molecule has 0 unspecified atom stereocenters. The van der Waals surface area contributed by atoms with Gasteiger partial charge in [0.1, 0.15) is 0 Å². The number of carboxylic acid groups (broad SMARTS) is 1. The van der Waals surface area contributed by atoms with Crippen molar-refractivity contribution in [1.82, 2.24) is 4.31 Å². The summed E-state index contributed by atoms with van der Waals surface area (Å²) < 4.78 is 24.9. The van der Waals surface area contributed by atoms with Gasteiger partial charge >= 0.3 is 5.97 Å². The van der Waals surface area contributed by atoms with Crippen molar-refractivity contribution in [3.8, 4) is 0 Å². The van der Waals surface area contributed by atoms with Gasteiger partial charge in [-0.1, -0.05) is 12.8 Å². The average Bonchev–Trinajstić information content (AvgIpc) is 2.24. The fourth-order valence-corrected chi connectivity index (χ4v) is 3.65. The molecule has 6 heteroatoms. The summed E-state index contributed by atoms with van der Waals surface area (Å²) in [6, 6.07) is 0. The molecule has 1 N–H and O–H groups in total. The number of unbranched alkanes of at least 4 members (excludes halogenated alkanes) is 3. The summed E-state index contributed by atoms with van der Waals surface area (Å²) in [6.07, 6.45) is 5.22. The molecule has 0 bridgehead atoms. The highest BCUT2D eigenvalue weighted by atomic mass is 32.2. The lowest BCUT2D eigenvalue weighted by Crippen LogP contribution is -2.38.